The Morgan fingerprint density at radius 1 is 0.957 bits per heavy atom. The van der Waals surface area contributed by atoms with Gasteiger partial charge in [-0.05, 0) is 49.3 Å². The van der Waals surface area contributed by atoms with E-state index >= 15 is 0 Å². The lowest BCUT2D eigenvalue weighted by Gasteiger charge is -2.26. The molecule has 1 fully saturated rings. The minimum absolute atomic E-state index is 0.00193. The number of nitrogens with one attached hydrogen (secondary N) is 1. The molecule has 1 amide bonds. The fraction of sp³-hybridized carbons (Fsp3) is 0.350. The number of aliphatic hydroxyl groups is 1. The van der Waals surface area contributed by atoms with Gasteiger partial charge in [-0.3, -0.25) is 4.79 Å². The quantitative estimate of drug-likeness (QED) is 0.910. The van der Waals surface area contributed by atoms with Gasteiger partial charge in [0.05, 0.1) is 6.10 Å². The normalized spacial score (nSPS) is 20.9. The summed E-state index contributed by atoms with van der Waals surface area (Å²) in [6.07, 6.45) is 3.82. The predicted molar refractivity (Wildman–Crippen MR) is 91.4 cm³/mol. The summed E-state index contributed by atoms with van der Waals surface area (Å²) in [5.41, 5.74) is 3.00. The van der Waals surface area contributed by atoms with Crippen LogP contribution >= 0.6 is 0 Å². The Morgan fingerprint density at radius 3 is 2.35 bits per heavy atom. The highest BCUT2D eigenvalue weighted by Crippen LogP contribution is 2.20. The zero-order valence-corrected chi connectivity index (χ0v) is 13.2. The molecule has 1 aliphatic carbocycles. The molecule has 0 atom stereocenters. The largest absolute Gasteiger partial charge is 0.393 e. The maximum absolute atomic E-state index is 12.6. The van der Waals surface area contributed by atoms with E-state index in [2.05, 4.69) is 17.4 Å². The van der Waals surface area contributed by atoms with Crippen molar-refractivity contribution in [2.75, 3.05) is 0 Å². The number of aliphatic hydroxyl groups excluding tert-OH is 1. The molecule has 2 N–H and O–H groups in total. The number of carbonyl (C=O) groups excluding carboxylic acids is 1. The summed E-state index contributed by atoms with van der Waals surface area (Å²) in [6, 6.07) is 18.2. The van der Waals surface area contributed by atoms with Gasteiger partial charge >= 0.3 is 0 Å². The summed E-state index contributed by atoms with van der Waals surface area (Å²) in [6.45, 7) is 0. The van der Waals surface area contributed by atoms with Gasteiger partial charge in [0.2, 0.25) is 0 Å². The number of amides is 1. The van der Waals surface area contributed by atoms with Crippen LogP contribution in [0.3, 0.4) is 0 Å². The van der Waals surface area contributed by atoms with Gasteiger partial charge in [0, 0.05) is 11.6 Å². The Kier molecular flexibility index (Phi) is 5.09. The second-order valence-electron chi connectivity index (χ2n) is 6.30. The Morgan fingerprint density at radius 2 is 1.61 bits per heavy atom. The molecule has 0 radical (unpaired) electrons. The van der Waals surface area contributed by atoms with Crippen LogP contribution in [0.25, 0.3) is 0 Å². The Hall–Kier alpha value is -2.13. The fourth-order valence-corrected chi connectivity index (χ4v) is 3.20. The molecular formula is C20H23NO2. The van der Waals surface area contributed by atoms with Crippen LogP contribution in [0.5, 0.6) is 0 Å². The Labute approximate surface area is 137 Å². The lowest BCUT2D eigenvalue weighted by atomic mass is 9.92. The van der Waals surface area contributed by atoms with E-state index in [1.807, 2.05) is 42.5 Å². The van der Waals surface area contributed by atoms with Crippen molar-refractivity contribution < 1.29 is 9.90 Å². The first-order chi connectivity index (χ1) is 11.2. The van der Waals surface area contributed by atoms with Crippen LogP contribution in [0.4, 0.5) is 0 Å². The molecule has 0 aliphatic heterocycles. The van der Waals surface area contributed by atoms with Gasteiger partial charge in [-0.25, -0.2) is 0 Å². The van der Waals surface area contributed by atoms with Gasteiger partial charge in [-0.15, -0.1) is 0 Å². The molecule has 2 aromatic carbocycles. The third kappa shape index (κ3) is 4.20. The van der Waals surface area contributed by atoms with Crippen molar-refractivity contribution in [1.82, 2.24) is 5.32 Å². The lowest BCUT2D eigenvalue weighted by molar-refractivity contribution is 0.0867. The zero-order valence-electron chi connectivity index (χ0n) is 13.2. The molecule has 0 unspecified atom stereocenters. The molecule has 3 nitrogen and oxygen atoms in total. The van der Waals surface area contributed by atoms with E-state index in [-0.39, 0.29) is 18.1 Å². The first-order valence-electron chi connectivity index (χ1n) is 8.33. The summed E-state index contributed by atoms with van der Waals surface area (Å²) < 4.78 is 0. The van der Waals surface area contributed by atoms with Crippen molar-refractivity contribution in [2.45, 2.75) is 44.2 Å². The van der Waals surface area contributed by atoms with Crippen LogP contribution in [-0.4, -0.2) is 23.2 Å². The van der Waals surface area contributed by atoms with Gasteiger partial charge in [-0.2, -0.15) is 0 Å². The minimum Gasteiger partial charge on any atom is -0.393 e. The zero-order chi connectivity index (χ0) is 16.1. The smallest absolute Gasteiger partial charge is 0.251 e. The standard InChI is InChI=1S/C20H23NO2/c22-18-12-10-17(11-13-18)21-20(23)19-9-5-4-8-16(19)14-15-6-2-1-3-7-15/h1-9,17-18,22H,10-14H2,(H,21,23). The monoisotopic (exact) mass is 309 g/mol. The van der Waals surface area contributed by atoms with Crippen molar-refractivity contribution in [3.05, 3.63) is 71.3 Å². The van der Waals surface area contributed by atoms with Crippen LogP contribution in [0, 0.1) is 0 Å². The minimum atomic E-state index is -0.200. The molecule has 1 aliphatic rings. The highest BCUT2D eigenvalue weighted by molar-refractivity contribution is 5.96. The molecule has 2 aromatic rings. The Bertz CT molecular complexity index is 646. The highest BCUT2D eigenvalue weighted by atomic mass is 16.3. The summed E-state index contributed by atoms with van der Waals surface area (Å²) in [5.74, 6) is -0.00193. The predicted octanol–water partition coefficient (Wildman–Crippen LogP) is 3.31. The van der Waals surface area contributed by atoms with Gasteiger partial charge in [0.15, 0.2) is 0 Å². The van der Waals surface area contributed by atoms with Crippen LogP contribution < -0.4 is 5.32 Å². The van der Waals surface area contributed by atoms with E-state index in [4.69, 9.17) is 0 Å². The van der Waals surface area contributed by atoms with Crippen molar-refractivity contribution in [3.8, 4) is 0 Å². The SMILES string of the molecule is O=C(NC1CCC(O)CC1)c1ccccc1Cc1ccccc1. The molecule has 0 saturated heterocycles. The van der Waals surface area contributed by atoms with Crippen molar-refractivity contribution in [2.24, 2.45) is 0 Å². The second-order valence-corrected chi connectivity index (χ2v) is 6.30. The topological polar surface area (TPSA) is 49.3 Å². The number of hydrogen-bond donors (Lipinski definition) is 2. The van der Waals surface area contributed by atoms with Crippen LogP contribution in [0.15, 0.2) is 54.6 Å². The van der Waals surface area contributed by atoms with Gasteiger partial charge < -0.3 is 10.4 Å². The summed E-state index contributed by atoms with van der Waals surface area (Å²) in [5, 5.41) is 12.7. The van der Waals surface area contributed by atoms with E-state index in [9.17, 15) is 9.90 Å². The molecule has 23 heavy (non-hydrogen) atoms. The molecule has 0 bridgehead atoms. The third-order valence-corrected chi connectivity index (χ3v) is 4.53. The maximum Gasteiger partial charge on any atom is 0.251 e. The Balaban J connectivity index is 1.70. The number of benzene rings is 2. The highest BCUT2D eigenvalue weighted by Gasteiger charge is 2.22. The van der Waals surface area contributed by atoms with Crippen LogP contribution in [-0.2, 0) is 6.42 Å². The van der Waals surface area contributed by atoms with E-state index in [1.165, 1.54) is 5.56 Å². The molecule has 3 rings (SSSR count). The molecule has 0 heterocycles. The molecule has 1 saturated carbocycles. The van der Waals surface area contributed by atoms with Gasteiger partial charge in [0.25, 0.3) is 5.91 Å². The van der Waals surface area contributed by atoms with Crippen LogP contribution in [0.2, 0.25) is 0 Å². The number of hydrogen-bond acceptors (Lipinski definition) is 2. The summed E-state index contributed by atoms with van der Waals surface area (Å²) >= 11 is 0. The lowest BCUT2D eigenvalue weighted by Crippen LogP contribution is -2.38. The van der Waals surface area contributed by atoms with E-state index in [0.29, 0.717) is 0 Å². The number of carbonyl (C=O) groups is 1. The first-order valence-corrected chi connectivity index (χ1v) is 8.33. The fourth-order valence-electron chi connectivity index (χ4n) is 3.20. The average Bonchev–Trinajstić information content (AvgIpc) is 2.58. The summed E-state index contributed by atoms with van der Waals surface area (Å²) in [7, 11) is 0. The number of rotatable bonds is 4. The van der Waals surface area contributed by atoms with E-state index in [1.54, 1.807) is 0 Å². The molecular weight excluding hydrogens is 286 g/mol. The average molecular weight is 309 g/mol. The van der Waals surface area contributed by atoms with Crippen molar-refractivity contribution in [1.29, 1.82) is 0 Å². The van der Waals surface area contributed by atoms with Gasteiger partial charge in [0.1, 0.15) is 0 Å². The van der Waals surface area contributed by atoms with E-state index in [0.717, 1.165) is 43.2 Å². The molecule has 0 aromatic heterocycles. The van der Waals surface area contributed by atoms with E-state index < -0.39 is 0 Å². The maximum atomic E-state index is 12.6. The van der Waals surface area contributed by atoms with Gasteiger partial charge in [-0.1, -0.05) is 48.5 Å². The second kappa shape index (κ2) is 7.42. The molecule has 120 valence electrons. The molecule has 3 heteroatoms. The van der Waals surface area contributed by atoms with Crippen LogP contribution in [0.1, 0.15) is 47.2 Å². The summed E-state index contributed by atoms with van der Waals surface area (Å²) in [4.78, 5) is 12.6. The van der Waals surface area contributed by atoms with Crippen molar-refractivity contribution >= 4 is 5.91 Å². The van der Waals surface area contributed by atoms with Crippen molar-refractivity contribution in [3.63, 3.8) is 0 Å². The first kappa shape index (κ1) is 15.8. The molecule has 0 spiro atoms. The third-order valence-electron chi connectivity index (χ3n) is 4.53.